The highest BCUT2D eigenvalue weighted by molar-refractivity contribution is 8.08. The van der Waals surface area contributed by atoms with Crippen LogP contribution in [0.1, 0.15) is 13.8 Å². The third-order valence-corrected chi connectivity index (χ3v) is 1.73. The molecule has 54 valence electrons. The van der Waals surface area contributed by atoms with Gasteiger partial charge < -0.3 is 5.73 Å². The summed E-state index contributed by atoms with van der Waals surface area (Å²) in [7, 11) is 0. The first-order valence-corrected chi connectivity index (χ1v) is 3.44. The summed E-state index contributed by atoms with van der Waals surface area (Å²) in [5.74, 6) is -0.161. The van der Waals surface area contributed by atoms with Crippen molar-refractivity contribution in [1.82, 2.24) is 0 Å². The molecule has 0 rings (SSSR count). The number of hydrogen-bond donors (Lipinski definition) is 1. The number of hydrogen-bond acceptors (Lipinski definition) is 4. The lowest BCUT2D eigenvalue weighted by molar-refractivity contribution is -0.113. The van der Waals surface area contributed by atoms with Crippen molar-refractivity contribution in [3.05, 3.63) is 10.6 Å². The van der Waals surface area contributed by atoms with Gasteiger partial charge in [0.2, 0.25) is 0 Å². The highest BCUT2D eigenvalue weighted by atomic mass is 32.2. The molecule has 0 heterocycles. The molecule has 0 aromatic rings. The van der Waals surface area contributed by atoms with Gasteiger partial charge in [0, 0.05) is 5.70 Å². The van der Waals surface area contributed by atoms with Crippen molar-refractivity contribution in [1.29, 1.82) is 5.26 Å². The zero-order chi connectivity index (χ0) is 8.15. The molecule has 0 aliphatic rings. The highest BCUT2D eigenvalue weighted by Crippen LogP contribution is 2.16. The van der Waals surface area contributed by atoms with Crippen molar-refractivity contribution in [2.45, 2.75) is 13.8 Å². The Morgan fingerprint density at radius 2 is 2.10 bits per heavy atom. The first kappa shape index (κ1) is 9.05. The van der Waals surface area contributed by atoms with Crippen LogP contribution in [0, 0.1) is 10.7 Å². The lowest BCUT2D eigenvalue weighted by atomic mass is 10.3. The monoisotopic (exact) mass is 156 g/mol. The second-order valence-corrected chi connectivity index (χ2v) is 2.56. The Morgan fingerprint density at radius 3 is 2.20 bits per heavy atom. The van der Waals surface area contributed by atoms with E-state index in [9.17, 15) is 4.79 Å². The van der Waals surface area contributed by atoms with Crippen molar-refractivity contribution >= 4 is 17.5 Å². The molecule has 0 fully saturated rings. The van der Waals surface area contributed by atoms with E-state index in [2.05, 4.69) is 0 Å². The number of nitrogens with two attached hydrogens (primary N) is 1. The number of carbonyl (C=O) groups is 1. The van der Waals surface area contributed by atoms with Crippen molar-refractivity contribution in [2.75, 3.05) is 0 Å². The molecule has 2 N–H and O–H groups in total. The summed E-state index contributed by atoms with van der Waals surface area (Å²) in [4.78, 5) is 11.0. The number of rotatable bonds is 2. The van der Waals surface area contributed by atoms with E-state index in [1.54, 1.807) is 12.3 Å². The maximum atomic E-state index is 10.7. The zero-order valence-electron chi connectivity index (χ0n) is 5.84. The first-order valence-electron chi connectivity index (χ1n) is 2.62. The Labute approximate surface area is 63.9 Å². The van der Waals surface area contributed by atoms with Gasteiger partial charge in [-0.3, -0.25) is 4.79 Å². The number of ketones is 1. The van der Waals surface area contributed by atoms with Crippen LogP contribution in [0.2, 0.25) is 0 Å². The summed E-state index contributed by atoms with van der Waals surface area (Å²) in [6, 6.07) is 0. The molecular formula is C6H8N2OS. The molecule has 0 aromatic heterocycles. The van der Waals surface area contributed by atoms with Crippen LogP contribution in [0.15, 0.2) is 10.6 Å². The van der Waals surface area contributed by atoms with Crippen LogP contribution < -0.4 is 5.73 Å². The summed E-state index contributed by atoms with van der Waals surface area (Å²) >= 11 is 0.803. The first-order chi connectivity index (χ1) is 4.59. The number of thiocyanates is 1. The predicted molar refractivity (Wildman–Crippen MR) is 40.8 cm³/mol. The van der Waals surface area contributed by atoms with Crippen LogP contribution in [-0.4, -0.2) is 5.78 Å². The molecule has 0 aliphatic carbocycles. The van der Waals surface area contributed by atoms with Crippen LogP contribution in [-0.2, 0) is 4.79 Å². The Morgan fingerprint density at radius 1 is 1.60 bits per heavy atom. The minimum absolute atomic E-state index is 0.161. The van der Waals surface area contributed by atoms with Gasteiger partial charge in [-0.25, -0.2) is 0 Å². The number of Topliss-reactive ketones (excluding diaryl/α,β-unsaturated/α-hetero) is 1. The Hall–Kier alpha value is -0.950. The van der Waals surface area contributed by atoms with Gasteiger partial charge in [-0.05, 0) is 25.6 Å². The van der Waals surface area contributed by atoms with Crippen LogP contribution in [0.3, 0.4) is 0 Å². The molecule has 0 atom stereocenters. The second kappa shape index (κ2) is 3.96. The van der Waals surface area contributed by atoms with Crippen molar-refractivity contribution in [3.8, 4) is 5.40 Å². The van der Waals surface area contributed by atoms with Crippen LogP contribution in [0.25, 0.3) is 0 Å². The van der Waals surface area contributed by atoms with E-state index >= 15 is 0 Å². The highest BCUT2D eigenvalue weighted by Gasteiger charge is 2.05. The third kappa shape index (κ3) is 2.55. The lowest BCUT2D eigenvalue weighted by Gasteiger charge is -1.96. The van der Waals surface area contributed by atoms with Gasteiger partial charge in [-0.2, -0.15) is 5.26 Å². The largest absolute Gasteiger partial charge is 0.401 e. The minimum atomic E-state index is -0.161. The zero-order valence-corrected chi connectivity index (χ0v) is 6.66. The fraction of sp³-hybridized carbons (Fsp3) is 0.333. The molecule has 0 saturated carbocycles. The number of thioether (sulfide) groups is 1. The van der Waals surface area contributed by atoms with Gasteiger partial charge in [-0.15, -0.1) is 0 Å². The van der Waals surface area contributed by atoms with E-state index in [0.29, 0.717) is 10.6 Å². The van der Waals surface area contributed by atoms with E-state index in [0.717, 1.165) is 11.8 Å². The van der Waals surface area contributed by atoms with Crippen LogP contribution in [0.5, 0.6) is 0 Å². The van der Waals surface area contributed by atoms with E-state index in [-0.39, 0.29) is 5.78 Å². The van der Waals surface area contributed by atoms with Gasteiger partial charge in [0.1, 0.15) is 5.40 Å². The number of nitrogens with zero attached hydrogens (tertiary/aromatic N) is 1. The Balaban J connectivity index is 4.48. The topological polar surface area (TPSA) is 66.9 Å². The standard InChI is InChI=1S/C6H8N2OS/c1-4(8)6(5(2)9)10-3-7/h8H2,1-2H3. The van der Waals surface area contributed by atoms with Crippen molar-refractivity contribution in [3.63, 3.8) is 0 Å². The summed E-state index contributed by atoms with van der Waals surface area (Å²) < 4.78 is 0. The number of carbonyl (C=O) groups excluding carboxylic acids is 1. The van der Waals surface area contributed by atoms with Crippen LogP contribution in [0.4, 0.5) is 0 Å². The van der Waals surface area contributed by atoms with Gasteiger partial charge in [0.15, 0.2) is 5.78 Å². The molecule has 4 heteroatoms. The van der Waals surface area contributed by atoms with E-state index in [1.807, 2.05) is 0 Å². The van der Waals surface area contributed by atoms with Crippen LogP contribution >= 0.6 is 11.8 Å². The summed E-state index contributed by atoms with van der Waals surface area (Å²) in [6.45, 7) is 2.98. The molecule has 10 heavy (non-hydrogen) atoms. The fourth-order valence-corrected chi connectivity index (χ4v) is 0.872. The van der Waals surface area contributed by atoms with Gasteiger partial charge in [0.25, 0.3) is 0 Å². The molecule has 0 aliphatic heterocycles. The minimum Gasteiger partial charge on any atom is -0.401 e. The molecule has 0 unspecified atom stereocenters. The Kier molecular flexibility index (Phi) is 3.59. The average Bonchev–Trinajstić information content (AvgIpc) is 1.81. The summed E-state index contributed by atoms with van der Waals surface area (Å²) in [5, 5.41) is 9.99. The molecule has 0 radical (unpaired) electrons. The molecule has 0 saturated heterocycles. The van der Waals surface area contributed by atoms with Gasteiger partial charge >= 0.3 is 0 Å². The predicted octanol–water partition coefficient (Wildman–Crippen LogP) is 0.980. The van der Waals surface area contributed by atoms with Gasteiger partial charge in [0.05, 0.1) is 4.91 Å². The quantitative estimate of drug-likeness (QED) is 0.478. The van der Waals surface area contributed by atoms with Gasteiger partial charge in [-0.1, -0.05) is 0 Å². The smallest absolute Gasteiger partial charge is 0.168 e. The fourth-order valence-electron chi connectivity index (χ4n) is 0.476. The molecule has 0 bridgehead atoms. The van der Waals surface area contributed by atoms with Crippen molar-refractivity contribution < 1.29 is 4.79 Å². The van der Waals surface area contributed by atoms with E-state index in [4.69, 9.17) is 11.0 Å². The maximum Gasteiger partial charge on any atom is 0.168 e. The molecule has 0 amide bonds. The summed E-state index contributed by atoms with van der Waals surface area (Å²) in [6.07, 6.45) is 0. The SMILES string of the molecule is CC(=O)C(SC#N)=C(C)N. The maximum absolute atomic E-state index is 10.7. The number of allylic oxidation sites excluding steroid dienone is 2. The second-order valence-electron chi connectivity index (χ2n) is 1.76. The summed E-state index contributed by atoms with van der Waals surface area (Å²) in [5.41, 5.74) is 5.71. The molecular weight excluding hydrogens is 148 g/mol. The number of nitriles is 1. The molecule has 3 nitrogen and oxygen atoms in total. The Bertz CT molecular complexity index is 210. The third-order valence-electron chi connectivity index (χ3n) is 0.826. The van der Waals surface area contributed by atoms with E-state index in [1.165, 1.54) is 6.92 Å². The lowest BCUT2D eigenvalue weighted by Crippen LogP contribution is -2.02. The molecule has 0 aromatic carbocycles. The normalized spacial score (nSPS) is 11.7. The van der Waals surface area contributed by atoms with E-state index < -0.39 is 0 Å². The van der Waals surface area contributed by atoms with Crippen molar-refractivity contribution in [2.24, 2.45) is 5.73 Å². The average molecular weight is 156 g/mol. The molecule has 0 spiro atoms.